The van der Waals surface area contributed by atoms with Crippen LogP contribution in [0.4, 0.5) is 0 Å². The molecular weight excluding hydrogens is 852 g/mol. The van der Waals surface area contributed by atoms with E-state index in [9.17, 15) is 55.9 Å². The van der Waals surface area contributed by atoms with Gasteiger partial charge in [0.25, 0.3) is 0 Å². The zero-order valence-corrected chi connectivity index (χ0v) is 38.0. The van der Waals surface area contributed by atoms with Crippen molar-refractivity contribution in [2.75, 3.05) is 26.9 Å². The Bertz CT molecular complexity index is 1790. The number of ether oxygens (including phenoxy) is 7. The second-order valence-corrected chi connectivity index (χ2v) is 21.0. The number of benzene rings is 1. The van der Waals surface area contributed by atoms with Crippen molar-refractivity contribution < 1.29 is 89.0 Å². The molecule has 1 aromatic carbocycles. The molecule has 0 bridgehead atoms. The van der Waals surface area contributed by atoms with Gasteiger partial charge >= 0.3 is 5.97 Å². The predicted octanol–water partition coefficient (Wildman–Crippen LogP) is -0.0281. The third kappa shape index (κ3) is 8.31. The van der Waals surface area contributed by atoms with Crippen LogP contribution in [-0.2, 0) is 33.2 Å². The summed E-state index contributed by atoms with van der Waals surface area (Å²) in [5.41, 5.74) is -2.62. The third-order valence-corrected chi connectivity index (χ3v) is 17.7. The summed E-state index contributed by atoms with van der Waals surface area (Å²) in [6, 6.07) is 8.35. The summed E-state index contributed by atoms with van der Waals surface area (Å²) in [5.74, 6) is -1.51. The van der Waals surface area contributed by atoms with E-state index in [0.717, 1.165) is 12.8 Å². The fraction of sp³-hybridized carbons (Fsp3) is 0.851. The molecule has 7 fully saturated rings. The fourth-order valence-corrected chi connectivity index (χ4v) is 13.9. The molecule has 4 saturated carbocycles. The molecule has 368 valence electrons. The molecule has 0 aromatic heterocycles. The number of esters is 1. The highest BCUT2D eigenvalue weighted by Gasteiger charge is 2.73. The van der Waals surface area contributed by atoms with Crippen molar-refractivity contribution in [1.82, 2.24) is 0 Å². The van der Waals surface area contributed by atoms with Gasteiger partial charge in [0.05, 0.1) is 49.3 Å². The van der Waals surface area contributed by atoms with Crippen LogP contribution in [0.15, 0.2) is 30.3 Å². The highest BCUT2D eigenvalue weighted by atomic mass is 16.7. The van der Waals surface area contributed by atoms with Crippen LogP contribution in [-0.4, -0.2) is 181 Å². The molecule has 24 unspecified atom stereocenters. The second kappa shape index (κ2) is 18.8. The Hall–Kier alpha value is -1.95. The van der Waals surface area contributed by atoms with Crippen LogP contribution < -0.4 is 0 Å². The summed E-state index contributed by atoms with van der Waals surface area (Å²) in [5, 5.41) is 108. The average Bonchev–Trinajstić information content (AvgIpc) is 3.75. The average molecular weight is 925 g/mol. The molecule has 1 aromatic rings. The van der Waals surface area contributed by atoms with Crippen molar-refractivity contribution in [3.8, 4) is 0 Å². The van der Waals surface area contributed by atoms with E-state index in [0.29, 0.717) is 25.7 Å². The minimum Gasteiger partial charge on any atom is -0.456 e. The first kappa shape index (κ1) is 49.5. The van der Waals surface area contributed by atoms with E-state index in [4.69, 9.17) is 33.2 Å². The molecule has 4 aliphatic carbocycles. The number of fused-ring (bicyclic) bond motifs is 7. The van der Waals surface area contributed by atoms with Gasteiger partial charge < -0.3 is 84.2 Å². The van der Waals surface area contributed by atoms with Crippen LogP contribution in [0.25, 0.3) is 0 Å². The van der Waals surface area contributed by atoms with Crippen molar-refractivity contribution in [3.63, 3.8) is 0 Å². The molecule has 8 rings (SSSR count). The van der Waals surface area contributed by atoms with Crippen LogP contribution >= 0.6 is 0 Å². The van der Waals surface area contributed by atoms with Crippen molar-refractivity contribution in [1.29, 1.82) is 0 Å². The van der Waals surface area contributed by atoms with E-state index in [1.165, 1.54) is 0 Å². The predicted molar refractivity (Wildman–Crippen MR) is 225 cm³/mol. The summed E-state index contributed by atoms with van der Waals surface area (Å²) in [7, 11) is 1.67. The Morgan fingerprint density at radius 1 is 0.831 bits per heavy atom. The van der Waals surface area contributed by atoms with Gasteiger partial charge in [-0.1, -0.05) is 45.9 Å². The van der Waals surface area contributed by atoms with Crippen molar-refractivity contribution >= 4 is 5.97 Å². The molecule has 3 saturated heterocycles. The van der Waals surface area contributed by atoms with Gasteiger partial charge in [0.2, 0.25) is 0 Å². The summed E-state index contributed by atoms with van der Waals surface area (Å²) in [4.78, 5) is 13.6. The molecule has 3 heterocycles. The minimum atomic E-state index is -1.71. The number of rotatable bonds is 13. The number of hydrogen-bond acceptors (Lipinski definition) is 18. The van der Waals surface area contributed by atoms with Crippen molar-refractivity contribution in [2.24, 2.45) is 46.3 Å². The van der Waals surface area contributed by atoms with Gasteiger partial charge in [0, 0.05) is 31.3 Å². The quantitative estimate of drug-likeness (QED) is 0.0919. The molecule has 24 atom stereocenters. The molecule has 18 heteroatoms. The molecule has 18 nitrogen and oxygen atoms in total. The molecule has 10 N–H and O–H groups in total. The smallest absolute Gasteiger partial charge is 0.338 e. The van der Waals surface area contributed by atoms with E-state index in [-0.39, 0.29) is 72.0 Å². The highest BCUT2D eigenvalue weighted by molar-refractivity contribution is 5.89. The van der Waals surface area contributed by atoms with Crippen LogP contribution in [0, 0.1) is 46.3 Å². The molecule has 0 spiro atoms. The van der Waals surface area contributed by atoms with E-state index in [1.807, 2.05) is 13.8 Å². The number of aliphatic hydroxyl groups excluding tert-OH is 9. The van der Waals surface area contributed by atoms with Gasteiger partial charge in [0.1, 0.15) is 54.9 Å². The second-order valence-electron chi connectivity index (χ2n) is 21.0. The number of aliphatic hydroxyl groups is 10. The number of carbonyl (C=O) groups excluding carboxylic acids is 1. The summed E-state index contributed by atoms with van der Waals surface area (Å²) in [6.45, 7) is 7.42. The van der Waals surface area contributed by atoms with Gasteiger partial charge in [-0.25, -0.2) is 4.79 Å². The summed E-state index contributed by atoms with van der Waals surface area (Å²) < 4.78 is 42.9. The van der Waals surface area contributed by atoms with E-state index < -0.39 is 116 Å². The molecular formula is C47H72O18. The number of carbonyl (C=O) groups is 1. The largest absolute Gasteiger partial charge is 0.456 e. The summed E-state index contributed by atoms with van der Waals surface area (Å²) in [6.07, 6.45) is -14.3. The number of methoxy groups -OCH3 is 1. The summed E-state index contributed by atoms with van der Waals surface area (Å²) >= 11 is 0. The third-order valence-electron chi connectivity index (χ3n) is 17.7. The van der Waals surface area contributed by atoms with Crippen LogP contribution in [0.1, 0.15) is 89.4 Å². The van der Waals surface area contributed by atoms with Gasteiger partial charge in [-0.05, 0) is 85.7 Å². The standard InChI is InChI=1S/C47H72O18/c1-22(21-60-42-39(55)37(53)35(51)31(19-48)63-42)11-14-47(59-5)23(2)34-28(65-47)16-27-25-15-33(50)46(58)18-30(61-41(57)24-9-7-6-8-10-24)29(17-45(46,4)26(25)12-13-44(27,34)3)62-43-40(56)38(54)36(52)32(20-49)64-43/h6-10,22-23,25-40,42-43,48-56,58H,11-21H2,1-5H3. The minimum absolute atomic E-state index is 0.0188. The molecule has 0 amide bonds. The Balaban J connectivity index is 0.982. The molecule has 65 heavy (non-hydrogen) atoms. The monoisotopic (exact) mass is 924 g/mol. The molecule has 7 aliphatic rings. The van der Waals surface area contributed by atoms with Crippen LogP contribution in [0.2, 0.25) is 0 Å². The first-order valence-corrected chi connectivity index (χ1v) is 23.5. The fourth-order valence-electron chi connectivity index (χ4n) is 13.9. The maximum absolute atomic E-state index is 13.6. The highest BCUT2D eigenvalue weighted by Crippen LogP contribution is 2.72. The van der Waals surface area contributed by atoms with E-state index in [1.54, 1.807) is 37.4 Å². The number of hydrogen-bond donors (Lipinski definition) is 10. The zero-order valence-electron chi connectivity index (χ0n) is 38.0. The normalized spacial score (nSPS) is 51.0. The van der Waals surface area contributed by atoms with Crippen molar-refractivity contribution in [2.45, 2.75) is 176 Å². The lowest BCUT2D eigenvalue weighted by Gasteiger charge is -2.66. The van der Waals surface area contributed by atoms with Gasteiger partial charge in [-0.2, -0.15) is 0 Å². The first-order chi connectivity index (χ1) is 30.8. The molecule has 0 radical (unpaired) electrons. The maximum atomic E-state index is 13.6. The zero-order chi connectivity index (χ0) is 47.0. The first-order valence-electron chi connectivity index (χ1n) is 23.5. The van der Waals surface area contributed by atoms with Gasteiger partial charge in [-0.15, -0.1) is 0 Å². The van der Waals surface area contributed by atoms with Gasteiger partial charge in [-0.3, -0.25) is 0 Å². The van der Waals surface area contributed by atoms with Crippen molar-refractivity contribution in [3.05, 3.63) is 35.9 Å². The Morgan fingerprint density at radius 3 is 2.09 bits per heavy atom. The lowest BCUT2D eigenvalue weighted by Crippen LogP contribution is -2.71. The lowest BCUT2D eigenvalue weighted by atomic mass is 9.42. The maximum Gasteiger partial charge on any atom is 0.338 e. The van der Waals surface area contributed by atoms with Crippen LogP contribution in [0.5, 0.6) is 0 Å². The van der Waals surface area contributed by atoms with Gasteiger partial charge in [0.15, 0.2) is 18.4 Å². The van der Waals surface area contributed by atoms with E-state index >= 15 is 0 Å². The molecule has 3 aliphatic heterocycles. The van der Waals surface area contributed by atoms with Crippen LogP contribution in [0.3, 0.4) is 0 Å². The Kier molecular flexibility index (Phi) is 14.3. The lowest BCUT2D eigenvalue weighted by molar-refractivity contribution is -0.339. The Morgan fingerprint density at radius 2 is 1.46 bits per heavy atom. The SMILES string of the molecule is COC1(CCC(C)COC2OC(CO)C(O)C(O)C2O)OC2CC3C4CC(O)C5(O)CC(OC(=O)c6ccccc6)C(OC6OC(CO)C(O)C(O)C6O)CC5(C)C4CCC3(C)C2C1C. The topological polar surface area (TPSA) is 284 Å². The van der Waals surface area contributed by atoms with E-state index in [2.05, 4.69) is 13.8 Å². The Labute approximate surface area is 379 Å².